The van der Waals surface area contributed by atoms with Gasteiger partial charge < -0.3 is 0 Å². The van der Waals surface area contributed by atoms with Gasteiger partial charge in [-0.1, -0.05) is 12.1 Å². The molecule has 0 saturated carbocycles. The molecular weight excluding hydrogens is 260 g/mol. The first-order chi connectivity index (χ1) is 8.71. The quantitative estimate of drug-likeness (QED) is 0.800. The molecule has 0 saturated heterocycles. The first kappa shape index (κ1) is 14.3. The molecule has 1 aromatic rings. The minimum absolute atomic E-state index is 0.301. The van der Waals surface area contributed by atoms with Crippen molar-refractivity contribution in [1.29, 1.82) is 0 Å². The Morgan fingerprint density at radius 1 is 1.16 bits per heavy atom. The number of carbonyl (C=O) groups is 1. The Hall–Kier alpha value is -1.16. The highest BCUT2D eigenvalue weighted by Gasteiger charge is 2.31. The number of fused-ring (bicyclic) bond motifs is 1. The number of hydrogen-bond acceptors (Lipinski definition) is 3. The number of carbonyl (C=O) groups excluding carboxylic acids is 1. The van der Waals surface area contributed by atoms with E-state index in [1.165, 1.54) is 11.1 Å². The van der Waals surface area contributed by atoms with Gasteiger partial charge in [-0.05, 0) is 57.2 Å². The van der Waals surface area contributed by atoms with Gasteiger partial charge in [-0.15, -0.1) is 0 Å². The van der Waals surface area contributed by atoms with Crippen LogP contribution in [0, 0.1) is 0 Å². The van der Waals surface area contributed by atoms with Gasteiger partial charge in [0.15, 0.2) is 15.6 Å². The third-order valence-corrected chi connectivity index (χ3v) is 6.18. The number of rotatable bonds is 3. The van der Waals surface area contributed by atoms with Gasteiger partial charge in [-0.25, -0.2) is 8.42 Å². The van der Waals surface area contributed by atoms with E-state index in [2.05, 4.69) is 0 Å². The van der Waals surface area contributed by atoms with Crippen LogP contribution in [0.3, 0.4) is 0 Å². The van der Waals surface area contributed by atoms with Gasteiger partial charge in [0.25, 0.3) is 0 Å². The molecule has 0 heterocycles. The third-order valence-electron chi connectivity index (χ3n) is 3.67. The van der Waals surface area contributed by atoms with Crippen LogP contribution < -0.4 is 0 Å². The van der Waals surface area contributed by atoms with Gasteiger partial charge in [0.1, 0.15) is 5.75 Å². The summed E-state index contributed by atoms with van der Waals surface area (Å²) in [4.78, 5) is 12.1. The first-order valence-electron chi connectivity index (χ1n) is 6.58. The van der Waals surface area contributed by atoms with E-state index in [4.69, 9.17) is 0 Å². The number of benzene rings is 1. The van der Waals surface area contributed by atoms with Crippen LogP contribution in [-0.2, 0) is 22.7 Å². The van der Waals surface area contributed by atoms with Crippen molar-refractivity contribution in [1.82, 2.24) is 0 Å². The summed E-state index contributed by atoms with van der Waals surface area (Å²) in [6.45, 7) is 4.87. The van der Waals surface area contributed by atoms with Crippen LogP contribution in [0.4, 0.5) is 0 Å². The molecule has 3 nitrogen and oxygen atoms in total. The smallest absolute Gasteiger partial charge is 0.177 e. The second-order valence-electron chi connectivity index (χ2n) is 6.13. The van der Waals surface area contributed by atoms with E-state index in [9.17, 15) is 13.2 Å². The Balaban J connectivity index is 2.22. The molecule has 0 aliphatic heterocycles. The van der Waals surface area contributed by atoms with Gasteiger partial charge in [0.2, 0.25) is 0 Å². The van der Waals surface area contributed by atoms with Crippen molar-refractivity contribution >= 4 is 15.6 Å². The minimum atomic E-state index is -3.41. The molecule has 0 N–H and O–H groups in total. The fourth-order valence-corrected chi connectivity index (χ4v) is 3.16. The Labute approximate surface area is 114 Å². The first-order valence-corrected chi connectivity index (χ1v) is 8.23. The van der Waals surface area contributed by atoms with Crippen LogP contribution in [0.5, 0.6) is 0 Å². The summed E-state index contributed by atoms with van der Waals surface area (Å²) < 4.78 is 23.2. The lowest BCUT2D eigenvalue weighted by Gasteiger charge is -2.18. The Morgan fingerprint density at radius 3 is 2.42 bits per heavy atom. The van der Waals surface area contributed by atoms with Crippen molar-refractivity contribution in [3.8, 4) is 0 Å². The molecule has 0 amide bonds. The summed E-state index contributed by atoms with van der Waals surface area (Å²) >= 11 is 0. The summed E-state index contributed by atoms with van der Waals surface area (Å²) in [5, 5.41) is 0. The van der Waals surface area contributed by atoms with E-state index in [-0.39, 0.29) is 5.78 Å². The van der Waals surface area contributed by atoms with Crippen molar-refractivity contribution in [3.05, 3.63) is 34.9 Å². The molecule has 0 spiro atoms. The normalized spacial score (nSPS) is 15.3. The summed E-state index contributed by atoms with van der Waals surface area (Å²) in [5.74, 6) is -0.709. The van der Waals surface area contributed by atoms with Crippen molar-refractivity contribution in [2.45, 2.75) is 44.8 Å². The van der Waals surface area contributed by atoms with Gasteiger partial charge in [0, 0.05) is 5.56 Å². The summed E-state index contributed by atoms with van der Waals surface area (Å²) in [5.41, 5.74) is 3.00. The van der Waals surface area contributed by atoms with Crippen molar-refractivity contribution in [2.75, 3.05) is 5.75 Å². The Kier molecular flexibility index (Phi) is 3.56. The standard InChI is InChI=1S/C15H20O3S/c1-15(2,3)19(17,18)10-14(16)13-8-7-11-5-4-6-12(11)9-13/h7-9H,4-6,10H2,1-3H3. The lowest BCUT2D eigenvalue weighted by atomic mass is 10.0. The Bertz CT molecular complexity index is 607. The van der Waals surface area contributed by atoms with Gasteiger partial charge in [-0.2, -0.15) is 0 Å². The highest BCUT2D eigenvalue weighted by Crippen LogP contribution is 2.24. The maximum absolute atomic E-state index is 12.1. The summed E-state index contributed by atoms with van der Waals surface area (Å²) in [7, 11) is -3.41. The van der Waals surface area contributed by atoms with Crippen LogP contribution in [0.1, 0.15) is 48.7 Å². The maximum Gasteiger partial charge on any atom is 0.177 e. The van der Waals surface area contributed by atoms with Crippen molar-refractivity contribution < 1.29 is 13.2 Å². The molecule has 104 valence electrons. The predicted molar refractivity (Wildman–Crippen MR) is 76.3 cm³/mol. The highest BCUT2D eigenvalue weighted by atomic mass is 32.2. The molecule has 0 unspecified atom stereocenters. The molecule has 1 aromatic carbocycles. The molecule has 0 fully saturated rings. The lowest BCUT2D eigenvalue weighted by Crippen LogP contribution is -2.33. The van der Waals surface area contributed by atoms with Crippen LogP contribution in [0.25, 0.3) is 0 Å². The van der Waals surface area contributed by atoms with Crippen LogP contribution in [0.15, 0.2) is 18.2 Å². The van der Waals surface area contributed by atoms with E-state index in [1.54, 1.807) is 26.8 Å². The topological polar surface area (TPSA) is 51.2 Å². The summed E-state index contributed by atoms with van der Waals surface area (Å²) in [6, 6.07) is 5.58. The number of sulfone groups is 1. The molecular formula is C15H20O3S. The Morgan fingerprint density at radius 2 is 1.79 bits per heavy atom. The number of hydrogen-bond donors (Lipinski definition) is 0. The van der Waals surface area contributed by atoms with Crippen molar-refractivity contribution in [3.63, 3.8) is 0 Å². The van der Waals surface area contributed by atoms with E-state index < -0.39 is 20.3 Å². The molecule has 0 aromatic heterocycles. The molecule has 0 bridgehead atoms. The second kappa shape index (κ2) is 4.75. The number of ketones is 1. The van der Waals surface area contributed by atoms with Crippen molar-refractivity contribution in [2.24, 2.45) is 0 Å². The molecule has 0 atom stereocenters. The lowest BCUT2D eigenvalue weighted by molar-refractivity contribution is 0.102. The zero-order chi connectivity index (χ0) is 14.3. The monoisotopic (exact) mass is 280 g/mol. The minimum Gasteiger partial charge on any atom is -0.293 e. The predicted octanol–water partition coefficient (Wildman–Crippen LogP) is 2.57. The SMILES string of the molecule is CC(C)(C)S(=O)(=O)CC(=O)c1ccc2c(c1)CCC2. The largest absolute Gasteiger partial charge is 0.293 e. The zero-order valence-electron chi connectivity index (χ0n) is 11.7. The van der Waals surface area contributed by atoms with E-state index in [0.717, 1.165) is 19.3 Å². The van der Waals surface area contributed by atoms with E-state index >= 15 is 0 Å². The van der Waals surface area contributed by atoms with Gasteiger partial charge >= 0.3 is 0 Å². The average molecular weight is 280 g/mol. The van der Waals surface area contributed by atoms with Crippen LogP contribution >= 0.6 is 0 Å². The van der Waals surface area contributed by atoms with Gasteiger partial charge in [0.05, 0.1) is 4.75 Å². The molecule has 0 radical (unpaired) electrons. The van der Waals surface area contributed by atoms with E-state index in [0.29, 0.717) is 5.56 Å². The third kappa shape index (κ3) is 2.89. The average Bonchev–Trinajstić information content (AvgIpc) is 2.73. The van der Waals surface area contributed by atoms with E-state index in [1.807, 2.05) is 12.1 Å². The molecule has 1 aliphatic carbocycles. The second-order valence-corrected chi connectivity index (χ2v) is 8.87. The fourth-order valence-electron chi connectivity index (χ4n) is 2.22. The summed E-state index contributed by atoms with van der Waals surface area (Å²) in [6.07, 6.45) is 3.17. The molecule has 1 aliphatic rings. The van der Waals surface area contributed by atoms with Crippen LogP contribution in [-0.4, -0.2) is 24.7 Å². The molecule has 4 heteroatoms. The fraction of sp³-hybridized carbons (Fsp3) is 0.533. The van der Waals surface area contributed by atoms with Crippen LogP contribution in [0.2, 0.25) is 0 Å². The molecule has 2 rings (SSSR count). The maximum atomic E-state index is 12.1. The van der Waals surface area contributed by atoms with Gasteiger partial charge in [-0.3, -0.25) is 4.79 Å². The number of Topliss-reactive ketones (excluding diaryl/α,β-unsaturated/α-hetero) is 1. The zero-order valence-corrected chi connectivity index (χ0v) is 12.5. The molecule has 19 heavy (non-hydrogen) atoms. The number of aryl methyl sites for hydroxylation is 2. The highest BCUT2D eigenvalue weighted by molar-refractivity contribution is 7.93.